The van der Waals surface area contributed by atoms with E-state index in [9.17, 15) is 9.90 Å². The molecule has 2 fully saturated rings. The second kappa shape index (κ2) is 6.72. The molecule has 3 N–H and O–H groups in total. The van der Waals surface area contributed by atoms with Crippen LogP contribution >= 0.6 is 0 Å². The topological polar surface area (TPSA) is 82.4 Å². The van der Waals surface area contributed by atoms with Gasteiger partial charge in [-0.3, -0.25) is 5.32 Å². The molecule has 3 rings (SSSR count). The third-order valence-corrected chi connectivity index (χ3v) is 5.40. The van der Waals surface area contributed by atoms with E-state index < -0.39 is 5.60 Å². The van der Waals surface area contributed by atoms with Gasteiger partial charge in [0.05, 0.1) is 17.8 Å². The molecule has 7 heteroatoms. The van der Waals surface area contributed by atoms with Crippen LogP contribution in [0.4, 0.5) is 10.6 Å². The van der Waals surface area contributed by atoms with Crippen molar-refractivity contribution >= 4 is 11.8 Å². The van der Waals surface area contributed by atoms with Crippen molar-refractivity contribution in [2.75, 3.05) is 32.0 Å². The van der Waals surface area contributed by atoms with Crippen molar-refractivity contribution in [1.29, 1.82) is 0 Å². The van der Waals surface area contributed by atoms with Crippen LogP contribution in [0.25, 0.3) is 0 Å². The fourth-order valence-corrected chi connectivity index (χ4v) is 3.30. The number of nitrogens with one attached hydrogen (secondary N) is 2. The Morgan fingerprint density at radius 3 is 2.75 bits per heavy atom. The van der Waals surface area contributed by atoms with Gasteiger partial charge in [0.1, 0.15) is 5.82 Å². The highest BCUT2D eigenvalue weighted by molar-refractivity contribution is 5.89. The van der Waals surface area contributed by atoms with Gasteiger partial charge in [0.2, 0.25) is 0 Å². The van der Waals surface area contributed by atoms with Crippen molar-refractivity contribution in [1.82, 2.24) is 20.0 Å². The van der Waals surface area contributed by atoms with E-state index in [0.717, 1.165) is 24.5 Å². The van der Waals surface area contributed by atoms with Gasteiger partial charge in [0.15, 0.2) is 0 Å². The fourth-order valence-electron chi connectivity index (χ4n) is 3.30. The Hall–Kier alpha value is -1.60. The van der Waals surface area contributed by atoms with Crippen LogP contribution in [0.1, 0.15) is 44.2 Å². The minimum absolute atomic E-state index is 0.276. The summed E-state index contributed by atoms with van der Waals surface area (Å²) in [4.78, 5) is 14.5. The van der Waals surface area contributed by atoms with Gasteiger partial charge in [-0.25, -0.2) is 9.48 Å². The van der Waals surface area contributed by atoms with Crippen molar-refractivity contribution in [3.63, 3.8) is 0 Å². The number of carbonyl (C=O) groups is 1. The molecule has 1 saturated heterocycles. The predicted molar refractivity (Wildman–Crippen MR) is 93.1 cm³/mol. The molecule has 7 nitrogen and oxygen atoms in total. The number of likely N-dealkylation sites (tertiary alicyclic amines) is 1. The number of carbonyl (C=O) groups excluding carboxylic acids is 1. The van der Waals surface area contributed by atoms with Crippen molar-refractivity contribution in [3.05, 3.63) is 11.8 Å². The summed E-state index contributed by atoms with van der Waals surface area (Å²) >= 11 is 0. The molecule has 2 aliphatic rings. The van der Waals surface area contributed by atoms with E-state index in [2.05, 4.69) is 27.6 Å². The molecule has 1 aromatic rings. The number of aryl methyl sites for hydroxylation is 1. The van der Waals surface area contributed by atoms with Crippen molar-refractivity contribution in [2.24, 2.45) is 5.92 Å². The molecule has 1 atom stereocenters. The van der Waals surface area contributed by atoms with Crippen molar-refractivity contribution < 1.29 is 9.90 Å². The van der Waals surface area contributed by atoms with Gasteiger partial charge in [0, 0.05) is 25.2 Å². The first kappa shape index (κ1) is 17.2. The third kappa shape index (κ3) is 3.89. The van der Waals surface area contributed by atoms with Crippen LogP contribution < -0.4 is 10.6 Å². The van der Waals surface area contributed by atoms with Gasteiger partial charge >= 0.3 is 6.03 Å². The van der Waals surface area contributed by atoms with E-state index in [1.165, 1.54) is 12.8 Å². The molecule has 24 heavy (non-hydrogen) atoms. The number of nitrogens with zero attached hydrogens (tertiary/aromatic N) is 3. The fraction of sp³-hybridized carbons (Fsp3) is 0.765. The normalized spacial score (nSPS) is 22.2. The average molecular weight is 335 g/mol. The predicted octanol–water partition coefficient (Wildman–Crippen LogP) is 1.74. The van der Waals surface area contributed by atoms with Crippen LogP contribution in [0.3, 0.4) is 0 Å². The number of urea groups is 1. The van der Waals surface area contributed by atoms with Gasteiger partial charge in [-0.05, 0) is 52.5 Å². The zero-order chi connectivity index (χ0) is 17.3. The van der Waals surface area contributed by atoms with Gasteiger partial charge < -0.3 is 15.3 Å². The molecule has 0 radical (unpaired) electrons. The highest BCUT2D eigenvalue weighted by Gasteiger charge is 2.33. The monoisotopic (exact) mass is 335 g/mol. The minimum Gasteiger partial charge on any atom is -0.388 e. The molecule has 1 saturated carbocycles. The van der Waals surface area contributed by atoms with E-state index in [1.54, 1.807) is 6.20 Å². The van der Waals surface area contributed by atoms with E-state index >= 15 is 0 Å². The van der Waals surface area contributed by atoms with Gasteiger partial charge in [-0.2, -0.15) is 5.10 Å². The molecule has 134 valence electrons. The first-order valence-electron chi connectivity index (χ1n) is 8.88. The summed E-state index contributed by atoms with van der Waals surface area (Å²) in [7, 11) is 2.05. The van der Waals surface area contributed by atoms with Crippen molar-refractivity contribution in [3.8, 4) is 0 Å². The summed E-state index contributed by atoms with van der Waals surface area (Å²) in [5, 5.41) is 20.7. The number of amides is 2. The Bertz CT molecular complexity index is 588. The number of hydrogen-bond donors (Lipinski definition) is 3. The molecular formula is C17H29N5O2. The summed E-state index contributed by atoms with van der Waals surface area (Å²) < 4.78 is 1.91. The van der Waals surface area contributed by atoms with Gasteiger partial charge in [-0.15, -0.1) is 0 Å². The molecule has 1 aromatic heterocycles. The van der Waals surface area contributed by atoms with Crippen LogP contribution in [0.15, 0.2) is 6.20 Å². The zero-order valence-electron chi connectivity index (χ0n) is 14.9. The van der Waals surface area contributed by atoms with E-state index in [1.807, 2.05) is 18.7 Å². The molecule has 0 aromatic carbocycles. The lowest BCUT2D eigenvalue weighted by molar-refractivity contribution is -0.0120. The lowest BCUT2D eigenvalue weighted by Gasteiger charge is -2.36. The second-order valence-electron chi connectivity index (χ2n) is 7.53. The Labute approximate surface area is 143 Å². The Kier molecular flexibility index (Phi) is 4.83. The molecule has 1 aliphatic carbocycles. The third-order valence-electron chi connectivity index (χ3n) is 5.40. The Morgan fingerprint density at radius 2 is 2.12 bits per heavy atom. The number of anilines is 1. The molecule has 0 spiro atoms. The quantitative estimate of drug-likeness (QED) is 0.765. The summed E-state index contributed by atoms with van der Waals surface area (Å²) in [6, 6.07) is 0.0160. The molecule has 1 aliphatic heterocycles. The maximum absolute atomic E-state index is 12.3. The van der Waals surface area contributed by atoms with Crippen LogP contribution in [-0.2, 0) is 0 Å². The van der Waals surface area contributed by atoms with E-state index in [4.69, 9.17) is 0 Å². The molecular weight excluding hydrogens is 306 g/mol. The first-order valence-corrected chi connectivity index (χ1v) is 8.88. The number of rotatable bonds is 5. The Balaban J connectivity index is 1.56. The average Bonchev–Trinajstić information content (AvgIpc) is 3.34. The maximum atomic E-state index is 12.3. The Morgan fingerprint density at radius 1 is 1.46 bits per heavy atom. The molecule has 0 unspecified atom stereocenters. The standard InChI is InChI=1S/C17H29N5O2/c1-12-10-19-22(13(2)14-4-5-14)15(12)20-16(23)18-11-17(24)6-8-21(3)9-7-17/h10,13-14,24H,4-9,11H2,1-3H3,(H2,18,20,23)/t13-/m0/s1. The van der Waals surface area contributed by atoms with E-state index in [-0.39, 0.29) is 12.6 Å². The second-order valence-corrected chi connectivity index (χ2v) is 7.53. The number of hydrogen-bond acceptors (Lipinski definition) is 4. The smallest absolute Gasteiger partial charge is 0.320 e. The number of aromatic nitrogens is 2. The van der Waals surface area contributed by atoms with Crippen LogP contribution in [-0.4, -0.2) is 58.1 Å². The van der Waals surface area contributed by atoms with Crippen molar-refractivity contribution in [2.45, 2.75) is 51.2 Å². The van der Waals surface area contributed by atoms with Gasteiger partial charge in [0.25, 0.3) is 0 Å². The van der Waals surface area contributed by atoms with Crippen LogP contribution in [0.2, 0.25) is 0 Å². The van der Waals surface area contributed by atoms with Crippen LogP contribution in [0, 0.1) is 12.8 Å². The summed E-state index contributed by atoms with van der Waals surface area (Å²) in [6.07, 6.45) is 5.61. The largest absolute Gasteiger partial charge is 0.388 e. The highest BCUT2D eigenvalue weighted by atomic mass is 16.3. The maximum Gasteiger partial charge on any atom is 0.320 e. The molecule has 0 bridgehead atoms. The first-order chi connectivity index (χ1) is 11.4. The highest BCUT2D eigenvalue weighted by Crippen LogP contribution is 2.40. The zero-order valence-corrected chi connectivity index (χ0v) is 14.9. The summed E-state index contributed by atoms with van der Waals surface area (Å²) in [5.74, 6) is 1.41. The van der Waals surface area contributed by atoms with Crippen LogP contribution in [0.5, 0.6) is 0 Å². The number of aliphatic hydroxyl groups is 1. The number of piperidine rings is 1. The summed E-state index contributed by atoms with van der Waals surface area (Å²) in [6.45, 7) is 6.07. The molecule has 2 amide bonds. The molecule has 2 heterocycles. The SMILES string of the molecule is Cc1cnn([C@@H](C)C2CC2)c1NC(=O)NCC1(O)CCN(C)CC1. The summed E-state index contributed by atoms with van der Waals surface area (Å²) in [5.41, 5.74) is 0.149. The minimum atomic E-state index is -0.805. The lowest BCUT2D eigenvalue weighted by Crippen LogP contribution is -2.50. The van der Waals surface area contributed by atoms with E-state index in [0.29, 0.717) is 24.8 Å². The lowest BCUT2D eigenvalue weighted by atomic mass is 9.92. The van der Waals surface area contributed by atoms with Gasteiger partial charge in [-0.1, -0.05) is 0 Å².